The molecule has 0 fully saturated rings. The van der Waals surface area contributed by atoms with E-state index in [2.05, 4.69) is 9.97 Å². The van der Waals surface area contributed by atoms with Gasteiger partial charge in [0, 0.05) is 12.7 Å². The van der Waals surface area contributed by atoms with Crippen LogP contribution >= 0.6 is 11.6 Å². The van der Waals surface area contributed by atoms with E-state index < -0.39 is 0 Å². The Kier molecular flexibility index (Phi) is 3.71. The third-order valence-corrected chi connectivity index (χ3v) is 3.70. The Morgan fingerprint density at radius 2 is 2.05 bits per heavy atom. The summed E-state index contributed by atoms with van der Waals surface area (Å²) in [6.07, 6.45) is 1.77. The molecule has 5 heteroatoms. The highest BCUT2D eigenvalue weighted by Crippen LogP contribution is 2.19. The molecule has 0 bridgehead atoms. The monoisotopic (exact) mass is 299 g/mol. The molecule has 106 valence electrons. The summed E-state index contributed by atoms with van der Waals surface area (Å²) in [4.78, 5) is 21.0. The Hall–Kier alpha value is -2.20. The van der Waals surface area contributed by atoms with Crippen molar-refractivity contribution in [2.45, 2.75) is 19.9 Å². The van der Waals surface area contributed by atoms with E-state index in [0.29, 0.717) is 10.7 Å². The molecule has 3 aromatic rings. The normalized spacial score (nSPS) is 11.0. The summed E-state index contributed by atoms with van der Waals surface area (Å²) in [5.74, 6) is 0.621. The number of pyridine rings is 1. The Balaban J connectivity index is 1.98. The van der Waals surface area contributed by atoms with E-state index in [1.165, 1.54) is 0 Å². The minimum Gasteiger partial charge on any atom is -0.328 e. The van der Waals surface area contributed by atoms with Gasteiger partial charge in [0.05, 0.1) is 22.5 Å². The first-order valence-electron chi connectivity index (χ1n) is 6.78. The molecule has 0 atom stereocenters. The number of ketones is 1. The van der Waals surface area contributed by atoms with Crippen molar-refractivity contribution in [1.29, 1.82) is 0 Å². The van der Waals surface area contributed by atoms with Crippen LogP contribution in [0.4, 0.5) is 0 Å². The molecule has 3 rings (SSSR count). The van der Waals surface area contributed by atoms with Crippen molar-refractivity contribution in [3.63, 3.8) is 0 Å². The molecule has 2 aromatic heterocycles. The van der Waals surface area contributed by atoms with Gasteiger partial charge in [-0.1, -0.05) is 23.7 Å². The van der Waals surface area contributed by atoms with Crippen LogP contribution in [0.5, 0.6) is 0 Å². The van der Waals surface area contributed by atoms with Crippen LogP contribution in [0.3, 0.4) is 0 Å². The first-order valence-corrected chi connectivity index (χ1v) is 7.16. The predicted octanol–water partition coefficient (Wildman–Crippen LogP) is 3.53. The van der Waals surface area contributed by atoms with Crippen LogP contribution in [0, 0.1) is 0 Å². The number of Topliss-reactive ketones (excluding diaryl/α,β-unsaturated/α-hetero) is 1. The topological polar surface area (TPSA) is 47.8 Å². The number of carbonyl (C=O) groups excluding carboxylic acids is 1. The molecule has 0 N–H and O–H groups in total. The van der Waals surface area contributed by atoms with Crippen LogP contribution in [0.2, 0.25) is 5.02 Å². The first kappa shape index (κ1) is 13.8. The largest absolute Gasteiger partial charge is 0.328 e. The van der Waals surface area contributed by atoms with Crippen molar-refractivity contribution in [3.05, 3.63) is 59.1 Å². The number of fused-ring (bicyclic) bond motifs is 1. The van der Waals surface area contributed by atoms with E-state index in [4.69, 9.17) is 11.6 Å². The van der Waals surface area contributed by atoms with Gasteiger partial charge in [0.25, 0.3) is 0 Å². The van der Waals surface area contributed by atoms with Crippen molar-refractivity contribution in [2.75, 3.05) is 0 Å². The maximum atomic E-state index is 12.4. The molecule has 0 aliphatic rings. The average molecular weight is 300 g/mol. The highest BCUT2D eigenvalue weighted by molar-refractivity contribution is 6.33. The number of hydrogen-bond donors (Lipinski definition) is 0. The summed E-state index contributed by atoms with van der Waals surface area (Å²) in [5.41, 5.74) is 2.23. The Morgan fingerprint density at radius 1 is 1.24 bits per heavy atom. The predicted molar refractivity (Wildman–Crippen MR) is 82.7 cm³/mol. The quantitative estimate of drug-likeness (QED) is 0.692. The van der Waals surface area contributed by atoms with Crippen molar-refractivity contribution in [2.24, 2.45) is 0 Å². The van der Waals surface area contributed by atoms with Gasteiger partial charge >= 0.3 is 0 Å². The van der Waals surface area contributed by atoms with Gasteiger partial charge in [-0.2, -0.15) is 0 Å². The summed E-state index contributed by atoms with van der Waals surface area (Å²) in [6.45, 7) is 2.80. The number of rotatable bonds is 4. The second-order valence-electron chi connectivity index (χ2n) is 4.69. The number of carbonyl (C=O) groups is 1. The van der Waals surface area contributed by atoms with Gasteiger partial charge in [0.1, 0.15) is 11.5 Å². The third kappa shape index (κ3) is 2.54. The summed E-state index contributed by atoms with van der Waals surface area (Å²) >= 11 is 6.03. The fourth-order valence-corrected chi connectivity index (χ4v) is 2.66. The fourth-order valence-electron chi connectivity index (χ4n) is 2.43. The van der Waals surface area contributed by atoms with Gasteiger partial charge in [-0.05, 0) is 31.2 Å². The van der Waals surface area contributed by atoms with E-state index in [-0.39, 0.29) is 12.2 Å². The number of hydrogen-bond acceptors (Lipinski definition) is 3. The van der Waals surface area contributed by atoms with Gasteiger partial charge in [0.15, 0.2) is 5.78 Å². The molecular weight excluding hydrogens is 286 g/mol. The summed E-state index contributed by atoms with van der Waals surface area (Å²) in [7, 11) is 0. The molecule has 0 amide bonds. The average Bonchev–Trinajstić information content (AvgIpc) is 2.84. The van der Waals surface area contributed by atoms with Crippen LogP contribution < -0.4 is 0 Å². The van der Waals surface area contributed by atoms with Crippen molar-refractivity contribution >= 4 is 28.4 Å². The van der Waals surface area contributed by atoms with Gasteiger partial charge in [-0.25, -0.2) is 4.98 Å². The molecule has 0 spiro atoms. The zero-order valence-corrected chi connectivity index (χ0v) is 12.3. The zero-order valence-electron chi connectivity index (χ0n) is 11.6. The third-order valence-electron chi connectivity index (χ3n) is 3.39. The standard InChI is InChI=1S/C16H14ClN3O/c1-2-20-13-8-4-3-7-12(13)19-15(20)10-14(21)16-11(17)6-5-9-18-16/h3-9H,2,10H2,1H3. The Morgan fingerprint density at radius 3 is 2.81 bits per heavy atom. The molecule has 0 saturated heterocycles. The molecule has 0 radical (unpaired) electrons. The SMILES string of the molecule is CCn1c(CC(=O)c2ncccc2Cl)nc2ccccc21. The van der Waals surface area contributed by atoms with Crippen LogP contribution in [-0.2, 0) is 13.0 Å². The van der Waals surface area contributed by atoms with Crippen LogP contribution in [0.15, 0.2) is 42.6 Å². The number of imidazole rings is 1. The van der Waals surface area contributed by atoms with Gasteiger partial charge in [-0.15, -0.1) is 0 Å². The zero-order chi connectivity index (χ0) is 14.8. The summed E-state index contributed by atoms with van der Waals surface area (Å²) < 4.78 is 2.05. The number of nitrogens with zero attached hydrogens (tertiary/aromatic N) is 3. The Bertz CT molecular complexity index is 810. The summed E-state index contributed by atoms with van der Waals surface area (Å²) in [5, 5.41) is 0.377. The van der Waals surface area contributed by atoms with Crippen LogP contribution in [0.1, 0.15) is 23.2 Å². The number of halogens is 1. The van der Waals surface area contributed by atoms with Gasteiger partial charge < -0.3 is 4.57 Å². The maximum absolute atomic E-state index is 12.4. The molecule has 0 aliphatic heterocycles. The van der Waals surface area contributed by atoms with E-state index in [1.54, 1.807) is 18.3 Å². The van der Waals surface area contributed by atoms with Crippen LogP contribution in [-0.4, -0.2) is 20.3 Å². The van der Waals surface area contributed by atoms with Crippen LogP contribution in [0.25, 0.3) is 11.0 Å². The Labute approximate surface area is 127 Å². The van der Waals surface area contributed by atoms with Crippen molar-refractivity contribution in [3.8, 4) is 0 Å². The summed E-state index contributed by atoms with van der Waals surface area (Å²) in [6, 6.07) is 11.2. The van der Waals surface area contributed by atoms with E-state index in [9.17, 15) is 4.79 Å². The highest BCUT2D eigenvalue weighted by atomic mass is 35.5. The first-order chi connectivity index (χ1) is 10.2. The number of benzene rings is 1. The number of aryl methyl sites for hydroxylation is 1. The number of para-hydroxylation sites is 2. The lowest BCUT2D eigenvalue weighted by molar-refractivity contribution is 0.0985. The fraction of sp³-hybridized carbons (Fsp3) is 0.188. The molecule has 0 unspecified atom stereocenters. The molecule has 2 heterocycles. The molecular formula is C16H14ClN3O. The second kappa shape index (κ2) is 5.66. The van der Waals surface area contributed by atoms with E-state index in [0.717, 1.165) is 23.4 Å². The lowest BCUT2D eigenvalue weighted by Gasteiger charge is -2.06. The molecule has 0 aliphatic carbocycles. The molecule has 0 saturated carbocycles. The highest BCUT2D eigenvalue weighted by Gasteiger charge is 2.17. The van der Waals surface area contributed by atoms with Crippen molar-refractivity contribution in [1.82, 2.24) is 14.5 Å². The molecule has 1 aromatic carbocycles. The van der Waals surface area contributed by atoms with Gasteiger partial charge in [0.2, 0.25) is 0 Å². The van der Waals surface area contributed by atoms with E-state index in [1.807, 2.05) is 35.8 Å². The lowest BCUT2D eigenvalue weighted by atomic mass is 10.2. The lowest BCUT2D eigenvalue weighted by Crippen LogP contribution is -2.11. The number of aromatic nitrogens is 3. The molecule has 21 heavy (non-hydrogen) atoms. The minimum absolute atomic E-state index is 0.120. The van der Waals surface area contributed by atoms with Crippen molar-refractivity contribution < 1.29 is 4.79 Å². The second-order valence-corrected chi connectivity index (χ2v) is 5.10. The maximum Gasteiger partial charge on any atom is 0.190 e. The van der Waals surface area contributed by atoms with Gasteiger partial charge in [-0.3, -0.25) is 9.78 Å². The molecule has 4 nitrogen and oxygen atoms in total. The van der Waals surface area contributed by atoms with E-state index >= 15 is 0 Å². The smallest absolute Gasteiger partial charge is 0.190 e. The minimum atomic E-state index is -0.120.